The second-order valence-electron chi connectivity index (χ2n) is 2.95. The molecule has 2 amide bonds. The molecule has 0 aliphatic rings. The van der Waals surface area contributed by atoms with E-state index in [1.807, 2.05) is 0 Å². The number of hydrogen-bond acceptors (Lipinski definition) is 1. The summed E-state index contributed by atoms with van der Waals surface area (Å²) in [5, 5.41) is 2.53. The molecule has 0 aromatic heterocycles. The second kappa shape index (κ2) is 4.28. The Bertz CT molecular complexity index is 355. The van der Waals surface area contributed by atoms with Crippen LogP contribution in [-0.2, 0) is 0 Å². The number of urea groups is 1. The maximum Gasteiger partial charge on any atom is 0.321 e. The Morgan fingerprint density at radius 2 is 2.14 bits per heavy atom. The van der Waals surface area contributed by atoms with Crippen molar-refractivity contribution in [1.82, 2.24) is 4.90 Å². The Balaban J connectivity index is 2.78. The molecule has 0 saturated heterocycles. The molecule has 0 aliphatic carbocycles. The number of nitrogens with one attached hydrogen (secondary N) is 1. The molecule has 14 heavy (non-hydrogen) atoms. The van der Waals surface area contributed by atoms with Crippen LogP contribution < -0.4 is 5.32 Å². The van der Waals surface area contributed by atoms with Gasteiger partial charge in [0.05, 0.1) is 5.02 Å². The predicted octanol–water partition coefficient (Wildman–Crippen LogP) is 2.57. The van der Waals surface area contributed by atoms with Crippen molar-refractivity contribution in [3.05, 3.63) is 29.0 Å². The van der Waals surface area contributed by atoms with E-state index in [0.717, 1.165) is 0 Å². The molecular formula is C9H10ClFN2O. The van der Waals surface area contributed by atoms with Crippen LogP contribution in [0, 0.1) is 5.82 Å². The summed E-state index contributed by atoms with van der Waals surface area (Å²) in [5.41, 5.74) is 0.380. The monoisotopic (exact) mass is 216 g/mol. The highest BCUT2D eigenvalue weighted by molar-refractivity contribution is 6.30. The molecule has 0 unspecified atom stereocenters. The highest BCUT2D eigenvalue weighted by atomic mass is 35.5. The fourth-order valence-corrected chi connectivity index (χ4v) is 0.927. The van der Waals surface area contributed by atoms with Gasteiger partial charge in [0.15, 0.2) is 0 Å². The fraction of sp³-hybridized carbons (Fsp3) is 0.222. The van der Waals surface area contributed by atoms with Crippen molar-refractivity contribution in [3.63, 3.8) is 0 Å². The van der Waals surface area contributed by atoms with E-state index in [2.05, 4.69) is 5.32 Å². The smallest absolute Gasteiger partial charge is 0.321 e. The average molecular weight is 217 g/mol. The molecule has 0 bridgehead atoms. The molecule has 0 atom stereocenters. The van der Waals surface area contributed by atoms with Crippen molar-refractivity contribution in [2.75, 3.05) is 19.4 Å². The van der Waals surface area contributed by atoms with Crippen LogP contribution in [0.4, 0.5) is 14.9 Å². The normalized spacial score (nSPS) is 9.71. The van der Waals surface area contributed by atoms with E-state index in [9.17, 15) is 9.18 Å². The van der Waals surface area contributed by atoms with Crippen LogP contribution in [0.15, 0.2) is 18.2 Å². The van der Waals surface area contributed by atoms with Gasteiger partial charge in [-0.05, 0) is 18.2 Å². The first-order valence-corrected chi connectivity index (χ1v) is 4.32. The summed E-state index contributed by atoms with van der Waals surface area (Å²) < 4.78 is 12.9. The molecule has 1 aromatic rings. The zero-order valence-corrected chi connectivity index (χ0v) is 8.60. The van der Waals surface area contributed by atoms with Crippen molar-refractivity contribution in [2.45, 2.75) is 0 Å². The van der Waals surface area contributed by atoms with Crippen LogP contribution >= 0.6 is 11.6 Å². The van der Waals surface area contributed by atoms with Gasteiger partial charge < -0.3 is 10.2 Å². The molecule has 0 saturated carbocycles. The minimum absolute atomic E-state index is 0.0350. The molecule has 0 radical (unpaired) electrons. The van der Waals surface area contributed by atoms with Gasteiger partial charge in [0, 0.05) is 19.8 Å². The molecule has 0 spiro atoms. The van der Waals surface area contributed by atoms with Crippen LogP contribution in [-0.4, -0.2) is 25.0 Å². The summed E-state index contributed by atoms with van der Waals surface area (Å²) in [4.78, 5) is 12.5. The van der Waals surface area contributed by atoms with Crippen molar-refractivity contribution < 1.29 is 9.18 Å². The first-order valence-electron chi connectivity index (χ1n) is 3.94. The average Bonchev–Trinajstić information content (AvgIpc) is 2.11. The fourth-order valence-electron chi connectivity index (χ4n) is 0.809. The lowest BCUT2D eigenvalue weighted by molar-refractivity contribution is 0.230. The molecule has 0 fully saturated rings. The van der Waals surface area contributed by atoms with Gasteiger partial charge in [0.1, 0.15) is 5.82 Å². The topological polar surface area (TPSA) is 32.3 Å². The summed E-state index contributed by atoms with van der Waals surface area (Å²) >= 11 is 5.48. The van der Waals surface area contributed by atoms with Crippen LogP contribution in [0.1, 0.15) is 0 Å². The zero-order valence-electron chi connectivity index (χ0n) is 7.84. The number of carbonyl (C=O) groups excluding carboxylic acids is 1. The molecule has 5 heteroatoms. The predicted molar refractivity (Wildman–Crippen MR) is 54.1 cm³/mol. The Labute approximate surface area is 86.5 Å². The standard InChI is InChI=1S/C9H10ClFN2O/c1-13(2)9(14)12-6-3-4-7(10)8(11)5-6/h3-5H,1-2H3,(H,12,14). The van der Waals surface area contributed by atoms with Gasteiger partial charge >= 0.3 is 6.03 Å². The van der Waals surface area contributed by atoms with Crippen molar-refractivity contribution in [3.8, 4) is 0 Å². The summed E-state index contributed by atoms with van der Waals surface area (Å²) in [6.07, 6.45) is 0. The Morgan fingerprint density at radius 1 is 1.50 bits per heavy atom. The lowest BCUT2D eigenvalue weighted by Gasteiger charge is -2.11. The largest absolute Gasteiger partial charge is 0.331 e. The molecular weight excluding hydrogens is 207 g/mol. The van der Waals surface area contributed by atoms with Crippen LogP contribution in [0.5, 0.6) is 0 Å². The third-order valence-electron chi connectivity index (χ3n) is 1.58. The quantitative estimate of drug-likeness (QED) is 0.769. The Morgan fingerprint density at radius 3 is 2.64 bits per heavy atom. The van der Waals surface area contributed by atoms with Crippen LogP contribution in [0.2, 0.25) is 5.02 Å². The molecule has 76 valence electrons. The number of carbonyl (C=O) groups is 1. The summed E-state index contributed by atoms with van der Waals surface area (Å²) in [7, 11) is 3.20. The van der Waals surface area contributed by atoms with E-state index in [1.165, 1.54) is 23.1 Å². The lowest BCUT2D eigenvalue weighted by Crippen LogP contribution is -2.27. The van der Waals surface area contributed by atoms with Gasteiger partial charge in [-0.25, -0.2) is 9.18 Å². The number of rotatable bonds is 1. The minimum atomic E-state index is -0.553. The molecule has 0 aliphatic heterocycles. The van der Waals surface area contributed by atoms with E-state index in [4.69, 9.17) is 11.6 Å². The van der Waals surface area contributed by atoms with Gasteiger partial charge in [-0.1, -0.05) is 11.6 Å². The molecule has 0 heterocycles. The highest BCUT2D eigenvalue weighted by Crippen LogP contribution is 2.18. The second-order valence-corrected chi connectivity index (χ2v) is 3.36. The number of benzene rings is 1. The SMILES string of the molecule is CN(C)C(=O)Nc1ccc(Cl)c(F)c1. The third-order valence-corrected chi connectivity index (χ3v) is 1.88. The summed E-state index contributed by atoms with van der Waals surface area (Å²) in [5.74, 6) is -0.553. The first-order chi connectivity index (χ1) is 6.50. The van der Waals surface area contributed by atoms with Crippen molar-refractivity contribution >= 4 is 23.3 Å². The maximum atomic E-state index is 12.9. The third kappa shape index (κ3) is 2.60. The summed E-state index contributed by atoms with van der Waals surface area (Å²) in [6, 6.07) is 3.78. The highest BCUT2D eigenvalue weighted by Gasteiger charge is 2.05. The van der Waals surface area contributed by atoms with Crippen molar-refractivity contribution in [1.29, 1.82) is 0 Å². The zero-order chi connectivity index (χ0) is 10.7. The Hall–Kier alpha value is -1.29. The number of amides is 2. The van der Waals surface area contributed by atoms with Gasteiger partial charge in [-0.3, -0.25) is 0 Å². The number of nitrogens with zero attached hydrogens (tertiary/aromatic N) is 1. The van der Waals surface area contributed by atoms with E-state index >= 15 is 0 Å². The van der Waals surface area contributed by atoms with Gasteiger partial charge in [-0.2, -0.15) is 0 Å². The van der Waals surface area contributed by atoms with Gasteiger partial charge in [0.25, 0.3) is 0 Å². The van der Waals surface area contributed by atoms with E-state index in [-0.39, 0.29) is 11.1 Å². The van der Waals surface area contributed by atoms with Crippen LogP contribution in [0.25, 0.3) is 0 Å². The maximum absolute atomic E-state index is 12.9. The molecule has 1 N–H and O–H groups in total. The van der Waals surface area contributed by atoms with Gasteiger partial charge in [0.2, 0.25) is 0 Å². The lowest BCUT2D eigenvalue weighted by atomic mass is 10.3. The van der Waals surface area contributed by atoms with E-state index < -0.39 is 5.82 Å². The van der Waals surface area contributed by atoms with E-state index in [0.29, 0.717) is 5.69 Å². The molecule has 3 nitrogen and oxygen atoms in total. The first kappa shape index (κ1) is 10.8. The minimum Gasteiger partial charge on any atom is -0.331 e. The number of halogens is 2. The summed E-state index contributed by atoms with van der Waals surface area (Å²) in [6.45, 7) is 0. The van der Waals surface area contributed by atoms with Gasteiger partial charge in [-0.15, -0.1) is 0 Å². The number of anilines is 1. The van der Waals surface area contributed by atoms with Crippen LogP contribution in [0.3, 0.4) is 0 Å². The molecule has 1 rings (SSSR count). The Kier molecular flexibility index (Phi) is 3.30. The number of hydrogen-bond donors (Lipinski definition) is 1. The van der Waals surface area contributed by atoms with Crippen molar-refractivity contribution in [2.24, 2.45) is 0 Å². The van der Waals surface area contributed by atoms with E-state index in [1.54, 1.807) is 14.1 Å². The molecule has 1 aromatic carbocycles.